The van der Waals surface area contributed by atoms with Gasteiger partial charge in [0.1, 0.15) is 6.04 Å². The van der Waals surface area contributed by atoms with Crippen molar-refractivity contribution < 1.29 is 4.79 Å². The number of para-hydroxylation sites is 1. The summed E-state index contributed by atoms with van der Waals surface area (Å²) < 4.78 is 0. The summed E-state index contributed by atoms with van der Waals surface area (Å²) in [7, 11) is 0. The normalized spacial score (nSPS) is 16.9. The van der Waals surface area contributed by atoms with Gasteiger partial charge in [-0.2, -0.15) is 0 Å². The first-order valence-corrected chi connectivity index (χ1v) is 9.40. The minimum Gasteiger partial charge on any atom is -0.338 e. The molecule has 0 saturated carbocycles. The summed E-state index contributed by atoms with van der Waals surface area (Å²) in [6.45, 7) is 1.90. The summed E-state index contributed by atoms with van der Waals surface area (Å²) in [5.74, 6) is -0.167. The van der Waals surface area contributed by atoms with E-state index >= 15 is 0 Å². The number of carbonyl (C=O) groups is 1. The van der Waals surface area contributed by atoms with Crippen LogP contribution in [0.4, 0.5) is 5.69 Å². The Morgan fingerprint density at radius 2 is 1.84 bits per heavy atom. The van der Waals surface area contributed by atoms with Crippen molar-refractivity contribution in [2.45, 2.75) is 13.0 Å². The van der Waals surface area contributed by atoms with Gasteiger partial charge in [-0.25, -0.2) is 4.99 Å². The minimum absolute atomic E-state index is 0.167. The molecule has 0 aromatic heterocycles. The maximum Gasteiger partial charge on any atom is 0.255 e. The number of amides is 1. The third-order valence-electron chi connectivity index (χ3n) is 3.87. The van der Waals surface area contributed by atoms with Gasteiger partial charge in [-0.3, -0.25) is 4.79 Å². The molecule has 1 amide bonds. The molecule has 1 atom stereocenters. The Bertz CT molecular complexity index is 832. The molecule has 0 fully saturated rings. The van der Waals surface area contributed by atoms with Crippen molar-refractivity contribution >= 4 is 40.1 Å². The highest BCUT2D eigenvalue weighted by Gasteiger charge is 2.29. The average Bonchev–Trinajstić information content (AvgIpc) is 2.62. The quantitative estimate of drug-likeness (QED) is 0.827. The molecule has 6 heteroatoms. The Hall–Kier alpha value is -2.24. The molecule has 0 spiro atoms. The lowest BCUT2D eigenvalue weighted by Crippen LogP contribution is -2.31. The summed E-state index contributed by atoms with van der Waals surface area (Å²) in [5, 5.41) is 7.59. The highest BCUT2D eigenvalue weighted by molar-refractivity contribution is 8.13. The topological polar surface area (TPSA) is 53.5 Å². The third-order valence-corrected chi connectivity index (χ3v) is 4.72. The second-order valence-electron chi connectivity index (χ2n) is 5.58. The van der Waals surface area contributed by atoms with Crippen molar-refractivity contribution in [2.75, 3.05) is 11.6 Å². The lowest BCUT2D eigenvalue weighted by atomic mass is 9.96. The lowest BCUT2D eigenvalue weighted by Gasteiger charge is -2.26. The van der Waals surface area contributed by atoms with Gasteiger partial charge in [-0.15, -0.1) is 0 Å². The molecular weight excluding hydrogens is 354 g/mol. The first-order valence-electron chi connectivity index (χ1n) is 7.80. The SMILES string of the molecule is CSC1=NC(c2ccc(Cl)cc2)C(C(=O)Nc2ccccc2)=C(C)N1. The molecule has 3 rings (SSSR count). The van der Waals surface area contributed by atoms with Crippen molar-refractivity contribution in [2.24, 2.45) is 4.99 Å². The van der Waals surface area contributed by atoms with Gasteiger partial charge in [0, 0.05) is 16.4 Å². The van der Waals surface area contributed by atoms with Crippen LogP contribution < -0.4 is 10.6 Å². The number of carbonyl (C=O) groups excluding carboxylic acids is 1. The molecule has 0 aliphatic carbocycles. The van der Waals surface area contributed by atoms with E-state index in [9.17, 15) is 4.79 Å². The Kier molecular flexibility index (Phi) is 5.46. The maximum atomic E-state index is 12.9. The zero-order valence-electron chi connectivity index (χ0n) is 13.9. The number of nitrogens with zero attached hydrogens (tertiary/aromatic N) is 1. The van der Waals surface area contributed by atoms with E-state index < -0.39 is 0 Å². The number of hydrogen-bond acceptors (Lipinski definition) is 4. The van der Waals surface area contributed by atoms with Crippen molar-refractivity contribution in [3.05, 3.63) is 76.5 Å². The number of aliphatic imine (C=N–C) groups is 1. The van der Waals surface area contributed by atoms with Gasteiger partial charge in [-0.05, 0) is 43.0 Å². The van der Waals surface area contributed by atoms with Gasteiger partial charge in [0.2, 0.25) is 0 Å². The number of benzene rings is 2. The molecule has 0 radical (unpaired) electrons. The van der Waals surface area contributed by atoms with Crippen LogP contribution in [0.3, 0.4) is 0 Å². The fourth-order valence-corrected chi connectivity index (χ4v) is 3.24. The third kappa shape index (κ3) is 4.06. The van der Waals surface area contributed by atoms with E-state index in [0.717, 1.165) is 22.1 Å². The van der Waals surface area contributed by atoms with Crippen molar-refractivity contribution in [1.29, 1.82) is 0 Å². The maximum absolute atomic E-state index is 12.9. The second kappa shape index (κ2) is 7.76. The first kappa shape index (κ1) is 17.6. The van der Waals surface area contributed by atoms with Crippen molar-refractivity contribution in [1.82, 2.24) is 5.32 Å². The summed E-state index contributed by atoms with van der Waals surface area (Å²) >= 11 is 7.51. The Morgan fingerprint density at radius 3 is 2.48 bits per heavy atom. The second-order valence-corrected chi connectivity index (χ2v) is 6.81. The summed E-state index contributed by atoms with van der Waals surface area (Å²) in [5.41, 5.74) is 3.08. The lowest BCUT2D eigenvalue weighted by molar-refractivity contribution is -0.113. The van der Waals surface area contributed by atoms with Crippen LogP contribution in [0, 0.1) is 0 Å². The van der Waals surface area contributed by atoms with Crippen LogP contribution in [0.15, 0.2) is 70.9 Å². The van der Waals surface area contributed by atoms with E-state index in [1.165, 1.54) is 11.8 Å². The fraction of sp³-hybridized carbons (Fsp3) is 0.158. The first-order chi connectivity index (χ1) is 12.1. The van der Waals surface area contributed by atoms with Crippen LogP contribution >= 0.6 is 23.4 Å². The minimum atomic E-state index is -0.371. The van der Waals surface area contributed by atoms with Crippen LogP contribution in [0.1, 0.15) is 18.5 Å². The predicted octanol–water partition coefficient (Wildman–Crippen LogP) is 4.62. The summed E-state index contributed by atoms with van der Waals surface area (Å²) in [6, 6.07) is 16.5. The van der Waals surface area contributed by atoms with Gasteiger partial charge in [-0.1, -0.05) is 53.7 Å². The van der Waals surface area contributed by atoms with Gasteiger partial charge in [0.25, 0.3) is 5.91 Å². The molecule has 1 aliphatic rings. The Morgan fingerprint density at radius 1 is 1.16 bits per heavy atom. The highest BCUT2D eigenvalue weighted by Crippen LogP contribution is 2.33. The van der Waals surface area contributed by atoms with E-state index in [0.29, 0.717) is 10.6 Å². The van der Waals surface area contributed by atoms with Crippen LogP contribution in [0.25, 0.3) is 0 Å². The van der Waals surface area contributed by atoms with E-state index in [2.05, 4.69) is 10.6 Å². The molecule has 128 valence electrons. The Balaban J connectivity index is 1.96. The zero-order chi connectivity index (χ0) is 17.8. The largest absolute Gasteiger partial charge is 0.338 e. The molecule has 2 N–H and O–H groups in total. The van der Waals surface area contributed by atoms with E-state index in [4.69, 9.17) is 16.6 Å². The average molecular weight is 372 g/mol. The number of amidine groups is 1. The number of rotatable bonds is 3. The summed E-state index contributed by atoms with van der Waals surface area (Å²) in [4.78, 5) is 17.6. The monoisotopic (exact) mass is 371 g/mol. The number of hydrogen-bond donors (Lipinski definition) is 2. The molecule has 0 bridgehead atoms. The predicted molar refractivity (Wildman–Crippen MR) is 106 cm³/mol. The zero-order valence-corrected chi connectivity index (χ0v) is 15.5. The number of halogens is 1. The van der Waals surface area contributed by atoms with Gasteiger partial charge < -0.3 is 10.6 Å². The molecular formula is C19H18ClN3OS. The highest BCUT2D eigenvalue weighted by atomic mass is 35.5. The van der Waals surface area contributed by atoms with Crippen LogP contribution in [-0.4, -0.2) is 17.3 Å². The Labute approximate surface area is 156 Å². The molecule has 4 nitrogen and oxygen atoms in total. The number of thioether (sulfide) groups is 1. The van der Waals surface area contributed by atoms with Gasteiger partial charge in [0.05, 0.1) is 5.57 Å². The molecule has 1 aliphatic heterocycles. The van der Waals surface area contributed by atoms with Crippen LogP contribution in [-0.2, 0) is 4.79 Å². The standard InChI is InChI=1S/C19H18ClN3OS/c1-12-16(18(24)22-15-6-4-3-5-7-15)17(23-19(21-12)25-2)13-8-10-14(20)11-9-13/h3-11,17H,1-2H3,(H,21,23)(H,22,24). The fourth-order valence-electron chi connectivity index (χ4n) is 2.65. The van der Waals surface area contributed by atoms with Crippen molar-refractivity contribution in [3.8, 4) is 0 Å². The van der Waals surface area contributed by atoms with Gasteiger partial charge >= 0.3 is 0 Å². The smallest absolute Gasteiger partial charge is 0.255 e. The molecule has 2 aromatic rings. The molecule has 25 heavy (non-hydrogen) atoms. The number of nitrogens with one attached hydrogen (secondary N) is 2. The number of allylic oxidation sites excluding steroid dienone is 1. The van der Waals surface area contributed by atoms with Gasteiger partial charge in [0.15, 0.2) is 5.17 Å². The van der Waals surface area contributed by atoms with E-state index in [-0.39, 0.29) is 11.9 Å². The molecule has 1 unspecified atom stereocenters. The molecule has 1 heterocycles. The molecule has 2 aromatic carbocycles. The molecule has 0 saturated heterocycles. The number of anilines is 1. The van der Waals surface area contributed by atoms with E-state index in [1.807, 2.05) is 67.8 Å². The summed E-state index contributed by atoms with van der Waals surface area (Å²) in [6.07, 6.45) is 1.95. The van der Waals surface area contributed by atoms with Crippen LogP contribution in [0.5, 0.6) is 0 Å². The van der Waals surface area contributed by atoms with Crippen LogP contribution in [0.2, 0.25) is 5.02 Å². The van der Waals surface area contributed by atoms with E-state index in [1.54, 1.807) is 0 Å². The van der Waals surface area contributed by atoms with Crippen molar-refractivity contribution in [3.63, 3.8) is 0 Å².